The summed E-state index contributed by atoms with van der Waals surface area (Å²) in [5.74, 6) is 0. The van der Waals surface area contributed by atoms with Crippen molar-refractivity contribution in [1.82, 2.24) is 5.32 Å². The first-order valence-electron chi connectivity index (χ1n) is 6.52. The molecule has 17 heavy (non-hydrogen) atoms. The largest absolute Gasteiger partial charge is 0.383 e. The second-order valence-corrected chi connectivity index (χ2v) is 4.60. The van der Waals surface area contributed by atoms with E-state index in [4.69, 9.17) is 4.74 Å². The van der Waals surface area contributed by atoms with Crippen LogP contribution < -0.4 is 5.32 Å². The molecule has 0 spiro atoms. The monoisotopic (exact) mass is 235 g/mol. The zero-order valence-corrected chi connectivity index (χ0v) is 11.5. The first-order chi connectivity index (χ1) is 8.21. The van der Waals surface area contributed by atoms with E-state index in [2.05, 4.69) is 50.4 Å². The second kappa shape index (κ2) is 7.46. The number of ether oxygens (including phenoxy) is 1. The molecular formula is C15H25NO. The second-order valence-electron chi connectivity index (χ2n) is 4.60. The van der Waals surface area contributed by atoms with E-state index in [-0.39, 0.29) is 0 Å². The summed E-state index contributed by atoms with van der Waals surface area (Å²) < 4.78 is 5.23. The van der Waals surface area contributed by atoms with Crippen LogP contribution in [0.5, 0.6) is 0 Å². The van der Waals surface area contributed by atoms with Crippen molar-refractivity contribution in [3.63, 3.8) is 0 Å². The highest BCUT2D eigenvalue weighted by Gasteiger charge is 2.13. The van der Waals surface area contributed by atoms with Gasteiger partial charge in [-0.25, -0.2) is 0 Å². The molecule has 0 aliphatic rings. The quantitative estimate of drug-likeness (QED) is 0.781. The molecule has 2 unspecified atom stereocenters. The molecule has 0 aromatic heterocycles. The zero-order chi connectivity index (χ0) is 12.7. The molecule has 0 saturated carbocycles. The van der Waals surface area contributed by atoms with Crippen LogP contribution in [0.2, 0.25) is 0 Å². The Balaban J connectivity index is 2.67. The van der Waals surface area contributed by atoms with Crippen molar-refractivity contribution in [2.45, 2.75) is 45.7 Å². The van der Waals surface area contributed by atoms with Gasteiger partial charge in [0, 0.05) is 19.2 Å². The number of hydrogen-bond acceptors (Lipinski definition) is 2. The average molecular weight is 235 g/mol. The lowest BCUT2D eigenvalue weighted by molar-refractivity contribution is 0.158. The summed E-state index contributed by atoms with van der Waals surface area (Å²) in [6, 6.07) is 9.65. The van der Waals surface area contributed by atoms with Gasteiger partial charge in [-0.05, 0) is 25.3 Å². The molecule has 0 bridgehead atoms. The van der Waals surface area contributed by atoms with E-state index in [1.807, 2.05) is 0 Å². The summed E-state index contributed by atoms with van der Waals surface area (Å²) in [6.45, 7) is 7.31. The van der Waals surface area contributed by atoms with E-state index in [0.717, 1.165) is 19.4 Å². The fourth-order valence-electron chi connectivity index (χ4n) is 2.02. The van der Waals surface area contributed by atoms with Gasteiger partial charge < -0.3 is 10.1 Å². The number of rotatable bonds is 7. The van der Waals surface area contributed by atoms with Crippen molar-refractivity contribution in [1.29, 1.82) is 0 Å². The van der Waals surface area contributed by atoms with Crippen LogP contribution >= 0.6 is 0 Å². The highest BCUT2D eigenvalue weighted by atomic mass is 16.5. The molecule has 0 radical (unpaired) electrons. The van der Waals surface area contributed by atoms with Crippen LogP contribution in [0.4, 0.5) is 0 Å². The fourth-order valence-corrected chi connectivity index (χ4v) is 2.02. The number of methoxy groups -OCH3 is 1. The summed E-state index contributed by atoms with van der Waals surface area (Å²) in [5.41, 5.74) is 2.68. The summed E-state index contributed by atoms with van der Waals surface area (Å²) in [7, 11) is 1.76. The molecule has 0 aliphatic carbocycles. The van der Waals surface area contributed by atoms with Gasteiger partial charge in [-0.15, -0.1) is 0 Å². The molecule has 1 N–H and O–H groups in total. The molecule has 1 aromatic rings. The van der Waals surface area contributed by atoms with Gasteiger partial charge in [0.05, 0.1) is 6.61 Å². The van der Waals surface area contributed by atoms with Crippen molar-refractivity contribution >= 4 is 0 Å². The van der Waals surface area contributed by atoms with Gasteiger partial charge in [-0.2, -0.15) is 0 Å². The zero-order valence-electron chi connectivity index (χ0n) is 11.5. The van der Waals surface area contributed by atoms with Gasteiger partial charge in [0.15, 0.2) is 0 Å². The van der Waals surface area contributed by atoms with Crippen LogP contribution in [0.3, 0.4) is 0 Å². The Morgan fingerprint density at radius 1 is 1.12 bits per heavy atom. The minimum Gasteiger partial charge on any atom is -0.383 e. The summed E-state index contributed by atoms with van der Waals surface area (Å²) in [5, 5.41) is 3.67. The third kappa shape index (κ3) is 4.49. The predicted octanol–water partition coefficient (Wildman–Crippen LogP) is 3.46. The highest BCUT2D eigenvalue weighted by Crippen LogP contribution is 2.18. The van der Waals surface area contributed by atoms with Gasteiger partial charge in [0.2, 0.25) is 0 Å². The third-order valence-electron chi connectivity index (χ3n) is 3.19. The Morgan fingerprint density at radius 2 is 1.76 bits per heavy atom. The molecule has 2 atom stereocenters. The molecule has 2 heteroatoms. The maximum atomic E-state index is 5.23. The molecule has 0 heterocycles. The lowest BCUT2D eigenvalue weighted by Crippen LogP contribution is -2.35. The highest BCUT2D eigenvalue weighted by molar-refractivity contribution is 5.24. The molecule has 0 fully saturated rings. The van der Waals surface area contributed by atoms with Gasteiger partial charge in [-0.3, -0.25) is 0 Å². The molecule has 0 amide bonds. The molecule has 2 nitrogen and oxygen atoms in total. The van der Waals surface area contributed by atoms with E-state index in [1.54, 1.807) is 7.11 Å². The number of benzene rings is 1. The van der Waals surface area contributed by atoms with Crippen molar-refractivity contribution < 1.29 is 4.74 Å². The van der Waals surface area contributed by atoms with Gasteiger partial charge in [0.1, 0.15) is 0 Å². The van der Waals surface area contributed by atoms with Crippen LogP contribution in [0, 0.1) is 6.92 Å². The smallest absolute Gasteiger partial charge is 0.0615 e. The Labute approximate surface area is 105 Å². The fraction of sp³-hybridized carbons (Fsp3) is 0.600. The molecule has 0 saturated heterocycles. The number of nitrogens with one attached hydrogen (secondary N) is 1. The number of aryl methyl sites for hydroxylation is 1. The Kier molecular flexibility index (Phi) is 6.23. The maximum absolute atomic E-state index is 5.23. The van der Waals surface area contributed by atoms with E-state index in [0.29, 0.717) is 12.1 Å². The van der Waals surface area contributed by atoms with E-state index in [9.17, 15) is 0 Å². The third-order valence-corrected chi connectivity index (χ3v) is 3.19. The normalized spacial score (nSPS) is 14.6. The molecule has 1 aromatic carbocycles. The predicted molar refractivity (Wildman–Crippen MR) is 73.3 cm³/mol. The number of hydrogen-bond donors (Lipinski definition) is 1. The molecular weight excluding hydrogens is 210 g/mol. The summed E-state index contributed by atoms with van der Waals surface area (Å²) in [6.07, 6.45) is 2.19. The van der Waals surface area contributed by atoms with Gasteiger partial charge in [0.25, 0.3) is 0 Å². The Bertz CT molecular complexity index is 307. The molecule has 0 aliphatic heterocycles. The lowest BCUT2D eigenvalue weighted by Gasteiger charge is -2.24. The van der Waals surface area contributed by atoms with Crippen molar-refractivity contribution in [2.24, 2.45) is 0 Å². The standard InChI is InChI=1S/C15H25NO/c1-5-14(11-17-4)16-15(6-2)13-9-7-12(3)8-10-13/h7-10,14-16H,5-6,11H2,1-4H3. The first kappa shape index (κ1) is 14.2. The Morgan fingerprint density at radius 3 is 2.24 bits per heavy atom. The summed E-state index contributed by atoms with van der Waals surface area (Å²) in [4.78, 5) is 0. The van der Waals surface area contributed by atoms with Crippen LogP contribution in [0.15, 0.2) is 24.3 Å². The Hall–Kier alpha value is -0.860. The minimum absolute atomic E-state index is 0.427. The first-order valence-corrected chi connectivity index (χ1v) is 6.52. The van der Waals surface area contributed by atoms with Crippen LogP contribution in [0.25, 0.3) is 0 Å². The minimum atomic E-state index is 0.427. The van der Waals surface area contributed by atoms with Gasteiger partial charge in [-0.1, -0.05) is 43.7 Å². The molecule has 1 rings (SSSR count). The van der Waals surface area contributed by atoms with Crippen LogP contribution in [-0.4, -0.2) is 19.8 Å². The van der Waals surface area contributed by atoms with Gasteiger partial charge >= 0.3 is 0 Å². The van der Waals surface area contributed by atoms with Crippen molar-refractivity contribution in [2.75, 3.05) is 13.7 Å². The van der Waals surface area contributed by atoms with E-state index < -0.39 is 0 Å². The summed E-state index contributed by atoms with van der Waals surface area (Å²) >= 11 is 0. The van der Waals surface area contributed by atoms with E-state index in [1.165, 1.54) is 11.1 Å². The molecule has 96 valence electrons. The van der Waals surface area contributed by atoms with E-state index >= 15 is 0 Å². The lowest BCUT2D eigenvalue weighted by atomic mass is 10.0. The maximum Gasteiger partial charge on any atom is 0.0615 e. The van der Waals surface area contributed by atoms with Crippen LogP contribution in [0.1, 0.15) is 43.9 Å². The van der Waals surface area contributed by atoms with Crippen molar-refractivity contribution in [3.8, 4) is 0 Å². The van der Waals surface area contributed by atoms with Crippen molar-refractivity contribution in [3.05, 3.63) is 35.4 Å². The average Bonchev–Trinajstić information content (AvgIpc) is 2.36. The topological polar surface area (TPSA) is 21.3 Å². The SMILES string of the molecule is CCC(COC)NC(CC)c1ccc(C)cc1. The van der Waals surface area contributed by atoms with Crippen LogP contribution in [-0.2, 0) is 4.74 Å².